The Morgan fingerprint density at radius 3 is 2.47 bits per heavy atom. The molecule has 2 N–H and O–H groups in total. The Balaban J connectivity index is 0.000000355. The van der Waals surface area contributed by atoms with Gasteiger partial charge in [-0.15, -0.1) is 0 Å². The Bertz CT molecular complexity index is 995. The number of ether oxygens (including phenoxy) is 1. The van der Waals surface area contributed by atoms with Gasteiger partial charge in [0.25, 0.3) is 6.47 Å². The van der Waals surface area contributed by atoms with Crippen molar-refractivity contribution in [3.8, 4) is 11.3 Å². The second-order valence-corrected chi connectivity index (χ2v) is 6.17. The monoisotopic (exact) mass is 436 g/mol. The van der Waals surface area contributed by atoms with Crippen molar-refractivity contribution < 1.29 is 13.9 Å². The fourth-order valence-corrected chi connectivity index (χ4v) is 2.22. The number of hydrogen-bond donors (Lipinski definition) is 2. The summed E-state index contributed by atoms with van der Waals surface area (Å²) in [5, 5.41) is 3.05. The molecule has 168 valence electrons. The van der Waals surface area contributed by atoms with E-state index in [2.05, 4.69) is 31.6 Å². The third-order valence-electron chi connectivity index (χ3n) is 3.66. The van der Waals surface area contributed by atoms with Crippen LogP contribution in [0.25, 0.3) is 11.3 Å². The molecular formula is C25H29FN4O2. The van der Waals surface area contributed by atoms with E-state index in [0.29, 0.717) is 19.0 Å². The molecule has 1 aromatic carbocycles. The number of H-pyrrole nitrogens is 1. The van der Waals surface area contributed by atoms with Gasteiger partial charge in [-0.1, -0.05) is 37.0 Å². The highest BCUT2D eigenvalue weighted by Crippen LogP contribution is 2.20. The maximum Gasteiger partial charge on any atom is 0.293 e. The number of rotatable bonds is 7. The number of hydrogen-bond acceptors (Lipinski definition) is 5. The molecule has 2 aromatic heterocycles. The van der Waals surface area contributed by atoms with Crippen LogP contribution in [0.5, 0.6) is 0 Å². The number of carbonyl (C=O) groups excluding carboxylic acids is 1. The largest absolute Gasteiger partial charge is 0.468 e. The Labute approximate surface area is 188 Å². The van der Waals surface area contributed by atoms with E-state index in [0.717, 1.165) is 22.6 Å². The number of halogens is 1. The van der Waals surface area contributed by atoms with Crippen LogP contribution in [0.3, 0.4) is 0 Å². The molecular weight excluding hydrogens is 407 g/mol. The van der Waals surface area contributed by atoms with Crippen molar-refractivity contribution in [1.29, 1.82) is 0 Å². The van der Waals surface area contributed by atoms with Crippen LogP contribution in [0.4, 0.5) is 16.0 Å². The van der Waals surface area contributed by atoms with E-state index in [4.69, 9.17) is 0 Å². The van der Waals surface area contributed by atoms with E-state index in [-0.39, 0.29) is 5.82 Å². The SMILES string of the molecule is C=C/C=C\C=C/C.CCOC=O.Cc1cc(-c2ccnc(Nc3ccc(F)cc3)n2)c[nH]1. The molecule has 0 atom stereocenters. The minimum atomic E-state index is -0.270. The molecule has 0 aliphatic rings. The lowest BCUT2D eigenvalue weighted by molar-refractivity contribution is -0.128. The lowest BCUT2D eigenvalue weighted by Gasteiger charge is -2.05. The van der Waals surface area contributed by atoms with Gasteiger partial charge in [-0.25, -0.2) is 14.4 Å². The Kier molecular flexibility index (Phi) is 12.8. The zero-order chi connectivity index (χ0) is 23.6. The summed E-state index contributed by atoms with van der Waals surface area (Å²) >= 11 is 0. The van der Waals surface area contributed by atoms with Crippen LogP contribution in [0.15, 0.2) is 85.8 Å². The maximum absolute atomic E-state index is 12.9. The molecule has 0 saturated carbocycles. The number of aromatic nitrogens is 3. The fraction of sp³-hybridized carbons (Fsp3) is 0.160. The summed E-state index contributed by atoms with van der Waals surface area (Å²) in [5.74, 6) is 0.209. The number of aromatic amines is 1. The summed E-state index contributed by atoms with van der Waals surface area (Å²) in [7, 11) is 0. The van der Waals surface area contributed by atoms with Gasteiger partial charge in [0, 0.05) is 29.3 Å². The smallest absolute Gasteiger partial charge is 0.293 e. The lowest BCUT2D eigenvalue weighted by Crippen LogP contribution is -1.97. The molecule has 0 amide bonds. The number of nitrogens with one attached hydrogen (secondary N) is 2. The first-order valence-electron chi connectivity index (χ1n) is 10.0. The topological polar surface area (TPSA) is 79.9 Å². The van der Waals surface area contributed by atoms with Crippen molar-refractivity contribution in [3.05, 3.63) is 97.3 Å². The highest BCUT2D eigenvalue weighted by Gasteiger charge is 2.04. The first-order valence-corrected chi connectivity index (χ1v) is 10.0. The minimum Gasteiger partial charge on any atom is -0.468 e. The molecule has 0 bridgehead atoms. The molecule has 0 aliphatic heterocycles. The van der Waals surface area contributed by atoms with Crippen molar-refractivity contribution >= 4 is 18.1 Å². The molecule has 3 aromatic rings. The quantitative estimate of drug-likeness (QED) is 0.343. The summed E-state index contributed by atoms with van der Waals surface area (Å²) in [6, 6.07) is 9.93. The number of anilines is 2. The molecule has 3 rings (SSSR count). The predicted octanol–water partition coefficient (Wildman–Crippen LogP) is 6.15. The maximum atomic E-state index is 12.9. The second kappa shape index (κ2) is 15.8. The van der Waals surface area contributed by atoms with Crippen LogP contribution in [0.1, 0.15) is 19.5 Å². The first-order chi connectivity index (χ1) is 15.5. The van der Waals surface area contributed by atoms with Crippen LogP contribution in [0, 0.1) is 12.7 Å². The third kappa shape index (κ3) is 10.7. The van der Waals surface area contributed by atoms with Crippen molar-refractivity contribution in [1.82, 2.24) is 15.0 Å². The van der Waals surface area contributed by atoms with E-state index in [9.17, 15) is 9.18 Å². The second-order valence-electron chi connectivity index (χ2n) is 6.17. The fourth-order valence-electron chi connectivity index (χ4n) is 2.22. The average Bonchev–Trinajstić information content (AvgIpc) is 3.24. The van der Waals surface area contributed by atoms with E-state index < -0.39 is 0 Å². The van der Waals surface area contributed by atoms with Crippen LogP contribution in [-0.4, -0.2) is 28.0 Å². The van der Waals surface area contributed by atoms with Crippen molar-refractivity contribution in [3.63, 3.8) is 0 Å². The summed E-state index contributed by atoms with van der Waals surface area (Å²) in [4.78, 5) is 20.9. The van der Waals surface area contributed by atoms with Crippen LogP contribution < -0.4 is 5.32 Å². The molecule has 0 unspecified atom stereocenters. The van der Waals surface area contributed by atoms with E-state index >= 15 is 0 Å². The number of carbonyl (C=O) groups is 1. The number of nitrogens with zero attached hydrogens (tertiary/aromatic N) is 2. The van der Waals surface area contributed by atoms with Gasteiger partial charge in [0.15, 0.2) is 0 Å². The van der Waals surface area contributed by atoms with Crippen molar-refractivity contribution in [2.75, 3.05) is 11.9 Å². The molecule has 6 nitrogen and oxygen atoms in total. The third-order valence-corrected chi connectivity index (χ3v) is 3.66. The highest BCUT2D eigenvalue weighted by molar-refractivity contribution is 5.61. The van der Waals surface area contributed by atoms with Gasteiger partial charge in [0.2, 0.25) is 5.95 Å². The number of aryl methyl sites for hydroxylation is 1. The minimum absolute atomic E-state index is 0.270. The molecule has 0 aliphatic carbocycles. The van der Waals surface area contributed by atoms with Crippen molar-refractivity contribution in [2.45, 2.75) is 20.8 Å². The molecule has 7 heteroatoms. The zero-order valence-corrected chi connectivity index (χ0v) is 18.6. The van der Waals surface area contributed by atoms with Gasteiger partial charge in [-0.05, 0) is 57.2 Å². The summed E-state index contributed by atoms with van der Waals surface area (Å²) in [6.45, 7) is 10.1. The Morgan fingerprint density at radius 1 is 1.19 bits per heavy atom. The van der Waals surface area contributed by atoms with Crippen LogP contribution in [-0.2, 0) is 9.53 Å². The van der Waals surface area contributed by atoms with Crippen molar-refractivity contribution in [2.24, 2.45) is 0 Å². The molecule has 32 heavy (non-hydrogen) atoms. The molecule has 2 heterocycles. The molecule has 0 fully saturated rings. The first kappa shape index (κ1) is 26.0. The molecule has 0 radical (unpaired) electrons. The van der Waals surface area contributed by atoms with Gasteiger partial charge < -0.3 is 15.0 Å². The standard InChI is InChI=1S/C15H13FN4.C7H10.C3H6O2/c1-10-8-11(9-18-10)14-6-7-17-15(20-14)19-13-4-2-12(16)3-5-13;1-3-5-7-6-4-2;1-2-5-3-4/h2-9,18H,1H3,(H,17,19,20);3-7H,1H2,2H3;3H,2H2,1H3/b;6-4-,7-5-;. The zero-order valence-electron chi connectivity index (χ0n) is 18.6. The normalized spacial score (nSPS) is 10.0. The average molecular weight is 437 g/mol. The van der Waals surface area contributed by atoms with E-state index in [1.54, 1.807) is 31.3 Å². The Hall–Kier alpha value is -4.00. The van der Waals surface area contributed by atoms with Gasteiger partial charge in [0.05, 0.1) is 12.3 Å². The summed E-state index contributed by atoms with van der Waals surface area (Å²) in [5.41, 5.74) is 3.65. The van der Waals surface area contributed by atoms with Gasteiger partial charge in [-0.3, -0.25) is 4.79 Å². The Morgan fingerprint density at radius 2 is 1.94 bits per heavy atom. The van der Waals surface area contributed by atoms with E-state index in [1.807, 2.05) is 56.5 Å². The number of allylic oxidation sites excluding steroid dienone is 5. The summed E-state index contributed by atoms with van der Waals surface area (Å²) in [6.07, 6.45) is 13.1. The van der Waals surface area contributed by atoms with Crippen LogP contribution in [0.2, 0.25) is 0 Å². The molecule has 0 saturated heterocycles. The molecule has 0 spiro atoms. The number of benzene rings is 1. The van der Waals surface area contributed by atoms with E-state index in [1.165, 1.54) is 12.1 Å². The predicted molar refractivity (Wildman–Crippen MR) is 128 cm³/mol. The van der Waals surface area contributed by atoms with Gasteiger partial charge in [-0.2, -0.15) is 0 Å². The summed E-state index contributed by atoms with van der Waals surface area (Å²) < 4.78 is 17.0. The van der Waals surface area contributed by atoms with Crippen LogP contribution >= 0.6 is 0 Å². The lowest BCUT2D eigenvalue weighted by atomic mass is 10.2. The van der Waals surface area contributed by atoms with Gasteiger partial charge in [0.1, 0.15) is 5.82 Å². The highest BCUT2D eigenvalue weighted by atomic mass is 19.1. The van der Waals surface area contributed by atoms with Gasteiger partial charge >= 0.3 is 0 Å².